The molecule has 0 heterocycles. The molecule has 0 radical (unpaired) electrons. The third-order valence-electron chi connectivity index (χ3n) is 3.07. The van der Waals surface area contributed by atoms with Gasteiger partial charge in [-0.3, -0.25) is 0 Å². The molecule has 0 saturated carbocycles. The van der Waals surface area contributed by atoms with Crippen molar-refractivity contribution < 1.29 is 4.39 Å². The molecule has 0 aromatic heterocycles. The molecule has 2 N–H and O–H groups in total. The molecule has 0 aliphatic heterocycles. The van der Waals surface area contributed by atoms with Crippen LogP contribution in [0.5, 0.6) is 0 Å². The second kappa shape index (κ2) is 5.09. The maximum absolute atomic E-state index is 13.8. The van der Waals surface area contributed by atoms with Crippen molar-refractivity contribution >= 4 is 11.6 Å². The highest BCUT2D eigenvalue weighted by atomic mass is 35.5. The summed E-state index contributed by atoms with van der Waals surface area (Å²) >= 11 is 6.04. The largest absolute Gasteiger partial charge is 0.320 e. The Hall–Kier alpha value is -1.38. The normalized spacial score (nSPS) is 12.5. The van der Waals surface area contributed by atoms with Crippen LogP contribution >= 0.6 is 11.6 Å². The Kier molecular flexibility index (Phi) is 3.69. The van der Waals surface area contributed by atoms with E-state index in [9.17, 15) is 4.39 Å². The molecule has 0 aliphatic rings. The summed E-state index contributed by atoms with van der Waals surface area (Å²) in [5.74, 6) is -0.366. The quantitative estimate of drug-likeness (QED) is 0.866. The lowest BCUT2D eigenvalue weighted by atomic mass is 9.94. The van der Waals surface area contributed by atoms with E-state index in [4.69, 9.17) is 17.3 Å². The molecule has 0 aliphatic carbocycles. The Balaban J connectivity index is 2.51. The lowest BCUT2D eigenvalue weighted by Gasteiger charge is -2.17. The molecular formula is C15H15ClFN. The first-order valence-electron chi connectivity index (χ1n) is 5.77. The predicted octanol–water partition coefficient (Wildman–Crippen LogP) is 4.14. The fraction of sp³-hybridized carbons (Fsp3) is 0.200. The average molecular weight is 264 g/mol. The standard InChI is InChI=1S/C15H15ClFN/c1-9-6-7-11(10(2)8-9)15(18)14-12(16)4-3-5-13(14)17/h3-8,15H,18H2,1-2H3. The summed E-state index contributed by atoms with van der Waals surface area (Å²) in [6.07, 6.45) is 0. The molecule has 18 heavy (non-hydrogen) atoms. The summed E-state index contributed by atoms with van der Waals surface area (Å²) in [6, 6.07) is 10.0. The molecular weight excluding hydrogens is 249 g/mol. The van der Waals surface area contributed by atoms with E-state index >= 15 is 0 Å². The van der Waals surface area contributed by atoms with Gasteiger partial charge in [0.1, 0.15) is 5.82 Å². The van der Waals surface area contributed by atoms with E-state index in [1.165, 1.54) is 6.07 Å². The van der Waals surface area contributed by atoms with Crippen molar-refractivity contribution in [3.8, 4) is 0 Å². The van der Waals surface area contributed by atoms with Crippen LogP contribution < -0.4 is 5.73 Å². The maximum atomic E-state index is 13.8. The van der Waals surface area contributed by atoms with E-state index in [2.05, 4.69) is 0 Å². The monoisotopic (exact) mass is 263 g/mol. The van der Waals surface area contributed by atoms with Gasteiger partial charge in [0.25, 0.3) is 0 Å². The van der Waals surface area contributed by atoms with Crippen LogP contribution in [0.4, 0.5) is 4.39 Å². The smallest absolute Gasteiger partial charge is 0.129 e. The molecule has 0 saturated heterocycles. The van der Waals surface area contributed by atoms with Crippen molar-refractivity contribution in [3.63, 3.8) is 0 Å². The molecule has 2 aromatic carbocycles. The zero-order valence-electron chi connectivity index (χ0n) is 10.4. The van der Waals surface area contributed by atoms with Crippen molar-refractivity contribution in [3.05, 3.63) is 69.5 Å². The summed E-state index contributed by atoms with van der Waals surface area (Å²) < 4.78 is 13.8. The molecule has 0 fully saturated rings. The number of aryl methyl sites for hydroxylation is 2. The highest BCUT2D eigenvalue weighted by Gasteiger charge is 2.18. The van der Waals surface area contributed by atoms with Crippen LogP contribution in [0.25, 0.3) is 0 Å². The molecule has 1 unspecified atom stereocenters. The second-order valence-corrected chi connectivity index (χ2v) is 4.88. The number of halogens is 2. The first kappa shape index (κ1) is 13.1. The van der Waals surface area contributed by atoms with Crippen molar-refractivity contribution in [2.24, 2.45) is 5.73 Å². The molecule has 3 heteroatoms. The van der Waals surface area contributed by atoms with Crippen LogP contribution in [0.15, 0.2) is 36.4 Å². The highest BCUT2D eigenvalue weighted by molar-refractivity contribution is 6.31. The van der Waals surface area contributed by atoms with Gasteiger partial charge < -0.3 is 5.73 Å². The van der Waals surface area contributed by atoms with Crippen molar-refractivity contribution in [2.45, 2.75) is 19.9 Å². The van der Waals surface area contributed by atoms with Crippen LogP contribution in [0.1, 0.15) is 28.3 Å². The summed E-state index contributed by atoms with van der Waals surface area (Å²) in [6.45, 7) is 3.98. The van der Waals surface area contributed by atoms with Crippen LogP contribution in [0.3, 0.4) is 0 Å². The number of hydrogen-bond acceptors (Lipinski definition) is 1. The number of hydrogen-bond donors (Lipinski definition) is 1. The Morgan fingerprint density at radius 3 is 2.50 bits per heavy atom. The zero-order chi connectivity index (χ0) is 13.3. The van der Waals surface area contributed by atoms with Crippen molar-refractivity contribution in [1.82, 2.24) is 0 Å². The first-order valence-corrected chi connectivity index (χ1v) is 6.15. The average Bonchev–Trinajstić information content (AvgIpc) is 2.28. The van der Waals surface area contributed by atoms with E-state index in [0.717, 1.165) is 16.7 Å². The molecule has 94 valence electrons. The zero-order valence-corrected chi connectivity index (χ0v) is 11.1. The van der Waals surface area contributed by atoms with Crippen molar-refractivity contribution in [1.29, 1.82) is 0 Å². The third-order valence-corrected chi connectivity index (χ3v) is 3.40. The van der Waals surface area contributed by atoms with Gasteiger partial charge in [0, 0.05) is 10.6 Å². The maximum Gasteiger partial charge on any atom is 0.129 e. The predicted molar refractivity (Wildman–Crippen MR) is 73.4 cm³/mol. The van der Waals surface area contributed by atoms with Gasteiger partial charge in [-0.15, -0.1) is 0 Å². The van der Waals surface area contributed by atoms with Gasteiger partial charge in [0.2, 0.25) is 0 Å². The minimum absolute atomic E-state index is 0.353. The van der Waals surface area contributed by atoms with Crippen LogP contribution in [0.2, 0.25) is 5.02 Å². The fourth-order valence-electron chi connectivity index (χ4n) is 2.14. The van der Waals surface area contributed by atoms with E-state index in [1.54, 1.807) is 12.1 Å². The Labute approximate surface area is 111 Å². The van der Waals surface area contributed by atoms with Gasteiger partial charge >= 0.3 is 0 Å². The summed E-state index contributed by atoms with van der Waals surface area (Å²) in [5.41, 5.74) is 9.59. The van der Waals surface area contributed by atoms with Gasteiger partial charge in [-0.05, 0) is 37.1 Å². The molecule has 0 spiro atoms. The lowest BCUT2D eigenvalue weighted by Crippen LogP contribution is -2.15. The molecule has 0 amide bonds. The number of benzene rings is 2. The van der Waals surface area contributed by atoms with Gasteiger partial charge in [-0.2, -0.15) is 0 Å². The molecule has 1 atom stereocenters. The van der Waals surface area contributed by atoms with Crippen molar-refractivity contribution in [2.75, 3.05) is 0 Å². The Morgan fingerprint density at radius 1 is 1.17 bits per heavy atom. The summed E-state index contributed by atoms with van der Waals surface area (Å²) in [7, 11) is 0. The fourth-order valence-corrected chi connectivity index (χ4v) is 2.42. The molecule has 0 bridgehead atoms. The summed E-state index contributed by atoms with van der Waals surface area (Å²) in [4.78, 5) is 0. The number of nitrogens with two attached hydrogens (primary N) is 1. The number of rotatable bonds is 2. The van der Waals surface area contributed by atoms with Crippen LogP contribution in [-0.2, 0) is 0 Å². The molecule has 2 aromatic rings. The van der Waals surface area contributed by atoms with Crippen LogP contribution in [0, 0.1) is 19.7 Å². The Morgan fingerprint density at radius 2 is 1.89 bits per heavy atom. The van der Waals surface area contributed by atoms with E-state index in [0.29, 0.717) is 10.6 Å². The lowest BCUT2D eigenvalue weighted by molar-refractivity contribution is 0.599. The minimum atomic E-state index is -0.542. The van der Waals surface area contributed by atoms with Gasteiger partial charge in [-0.1, -0.05) is 41.4 Å². The Bertz CT molecular complexity index is 560. The van der Waals surface area contributed by atoms with E-state index in [1.807, 2.05) is 32.0 Å². The van der Waals surface area contributed by atoms with E-state index < -0.39 is 6.04 Å². The first-order chi connectivity index (χ1) is 8.50. The topological polar surface area (TPSA) is 26.0 Å². The van der Waals surface area contributed by atoms with Crippen LogP contribution in [-0.4, -0.2) is 0 Å². The minimum Gasteiger partial charge on any atom is -0.320 e. The van der Waals surface area contributed by atoms with Gasteiger partial charge in [-0.25, -0.2) is 4.39 Å². The van der Waals surface area contributed by atoms with Gasteiger partial charge in [0.15, 0.2) is 0 Å². The van der Waals surface area contributed by atoms with E-state index in [-0.39, 0.29) is 5.82 Å². The SMILES string of the molecule is Cc1ccc(C(N)c2c(F)cccc2Cl)c(C)c1. The third kappa shape index (κ3) is 2.40. The van der Waals surface area contributed by atoms with Gasteiger partial charge in [0.05, 0.1) is 6.04 Å². The molecule has 1 nitrogen and oxygen atoms in total. The second-order valence-electron chi connectivity index (χ2n) is 4.47. The highest BCUT2D eigenvalue weighted by Crippen LogP contribution is 2.30. The summed E-state index contributed by atoms with van der Waals surface area (Å²) in [5, 5.41) is 0.363. The molecule has 2 rings (SSSR count).